The van der Waals surface area contributed by atoms with Gasteiger partial charge in [-0.3, -0.25) is 4.79 Å². The van der Waals surface area contributed by atoms with Crippen molar-refractivity contribution in [2.24, 2.45) is 0 Å². The number of rotatable bonds is 13. The first kappa shape index (κ1) is 24.7. The summed E-state index contributed by atoms with van der Waals surface area (Å²) in [5.74, 6) is -0.278. The van der Waals surface area contributed by atoms with Crippen LogP contribution in [0.5, 0.6) is 0 Å². The molecule has 168 valence electrons. The van der Waals surface area contributed by atoms with Gasteiger partial charge in [-0.2, -0.15) is 5.26 Å². The molecule has 0 bridgehead atoms. The summed E-state index contributed by atoms with van der Waals surface area (Å²) in [6.07, 6.45) is 9.84. The van der Waals surface area contributed by atoms with E-state index in [-0.39, 0.29) is 11.5 Å². The second-order valence-corrected chi connectivity index (χ2v) is 8.52. The fraction of sp³-hybridized carbons (Fsp3) is 0.538. The van der Waals surface area contributed by atoms with Crippen LogP contribution in [0.4, 0.5) is 0 Å². The molecule has 1 aromatic carbocycles. The lowest BCUT2D eigenvalue weighted by Gasteiger charge is -2.12. The highest BCUT2D eigenvalue weighted by molar-refractivity contribution is 6.04. The van der Waals surface area contributed by atoms with Gasteiger partial charge in [0, 0.05) is 35.2 Å². The minimum absolute atomic E-state index is 0.172. The summed E-state index contributed by atoms with van der Waals surface area (Å²) in [7, 11) is 4.16. The SMILES string of the molecule is CCCCCCCCNC(=O)C(C#N)=Cc1c(C)n(CCCN(C)C)c2ccccc12. The molecule has 2 rings (SSSR count). The van der Waals surface area contributed by atoms with Crippen LogP contribution in [-0.2, 0) is 11.3 Å². The summed E-state index contributed by atoms with van der Waals surface area (Å²) in [6, 6.07) is 10.3. The summed E-state index contributed by atoms with van der Waals surface area (Å²) in [4.78, 5) is 14.8. The van der Waals surface area contributed by atoms with Crippen molar-refractivity contribution < 1.29 is 4.79 Å². The summed E-state index contributed by atoms with van der Waals surface area (Å²) in [5, 5.41) is 13.6. The van der Waals surface area contributed by atoms with Crippen molar-refractivity contribution in [1.82, 2.24) is 14.8 Å². The van der Waals surface area contributed by atoms with E-state index in [0.717, 1.165) is 54.5 Å². The molecule has 5 nitrogen and oxygen atoms in total. The molecule has 1 heterocycles. The molecule has 1 N–H and O–H groups in total. The minimum atomic E-state index is -0.278. The van der Waals surface area contributed by atoms with Crippen LogP contribution in [0.25, 0.3) is 17.0 Å². The number of para-hydroxylation sites is 1. The quantitative estimate of drug-likeness (QED) is 0.271. The molecule has 0 radical (unpaired) electrons. The van der Waals surface area contributed by atoms with E-state index in [2.05, 4.69) is 60.9 Å². The van der Waals surface area contributed by atoms with Crippen molar-refractivity contribution in [3.8, 4) is 6.07 Å². The number of fused-ring (bicyclic) bond motifs is 1. The molecule has 0 aliphatic heterocycles. The molecule has 0 fully saturated rings. The fourth-order valence-corrected chi connectivity index (χ4v) is 3.97. The van der Waals surface area contributed by atoms with Crippen molar-refractivity contribution in [3.05, 3.63) is 41.1 Å². The van der Waals surface area contributed by atoms with Crippen molar-refractivity contribution in [2.75, 3.05) is 27.2 Å². The van der Waals surface area contributed by atoms with Gasteiger partial charge in [-0.25, -0.2) is 0 Å². The molecule has 2 aromatic rings. The van der Waals surface area contributed by atoms with Crippen LogP contribution in [0.3, 0.4) is 0 Å². The number of unbranched alkanes of at least 4 members (excludes halogenated alkanes) is 5. The highest BCUT2D eigenvalue weighted by atomic mass is 16.1. The Labute approximate surface area is 187 Å². The monoisotopic (exact) mass is 422 g/mol. The van der Waals surface area contributed by atoms with E-state index in [4.69, 9.17) is 0 Å². The van der Waals surface area contributed by atoms with Crippen LogP contribution in [0, 0.1) is 18.3 Å². The van der Waals surface area contributed by atoms with Gasteiger partial charge in [0.1, 0.15) is 11.6 Å². The number of hydrogen-bond donors (Lipinski definition) is 1. The van der Waals surface area contributed by atoms with Gasteiger partial charge in [-0.05, 0) is 52.5 Å². The average Bonchev–Trinajstić information content (AvgIpc) is 3.02. The first-order valence-corrected chi connectivity index (χ1v) is 11.6. The number of amides is 1. The Morgan fingerprint density at radius 2 is 1.84 bits per heavy atom. The molecule has 0 aliphatic rings. The number of carbonyl (C=O) groups is 1. The zero-order chi connectivity index (χ0) is 22.6. The number of hydrogen-bond acceptors (Lipinski definition) is 3. The molecule has 0 unspecified atom stereocenters. The Kier molecular flexibility index (Phi) is 10.3. The maximum atomic E-state index is 12.6. The van der Waals surface area contributed by atoms with Crippen LogP contribution in [0.15, 0.2) is 29.8 Å². The van der Waals surface area contributed by atoms with Crippen LogP contribution >= 0.6 is 0 Å². The molecule has 0 saturated carbocycles. The van der Waals surface area contributed by atoms with Gasteiger partial charge >= 0.3 is 0 Å². The smallest absolute Gasteiger partial charge is 0.261 e. The van der Waals surface area contributed by atoms with Crippen molar-refractivity contribution in [3.63, 3.8) is 0 Å². The summed E-state index contributed by atoms with van der Waals surface area (Å²) >= 11 is 0. The predicted molar refractivity (Wildman–Crippen MR) is 130 cm³/mol. The Bertz CT molecular complexity index is 917. The van der Waals surface area contributed by atoms with Gasteiger partial charge in [0.05, 0.1) is 0 Å². The van der Waals surface area contributed by atoms with Gasteiger partial charge in [0.15, 0.2) is 0 Å². The van der Waals surface area contributed by atoms with Crippen molar-refractivity contribution in [2.45, 2.75) is 65.3 Å². The topological polar surface area (TPSA) is 61.1 Å². The predicted octanol–water partition coefficient (Wildman–Crippen LogP) is 5.29. The van der Waals surface area contributed by atoms with E-state index in [0.29, 0.717) is 6.54 Å². The molecular formula is C26H38N4O. The van der Waals surface area contributed by atoms with E-state index >= 15 is 0 Å². The summed E-state index contributed by atoms with van der Waals surface area (Å²) in [5.41, 5.74) is 3.38. The highest BCUT2D eigenvalue weighted by Gasteiger charge is 2.15. The zero-order valence-corrected chi connectivity index (χ0v) is 19.7. The second kappa shape index (κ2) is 13.0. The van der Waals surface area contributed by atoms with Gasteiger partial charge in [-0.15, -0.1) is 0 Å². The number of nitriles is 1. The van der Waals surface area contributed by atoms with E-state index < -0.39 is 0 Å². The maximum absolute atomic E-state index is 12.6. The van der Waals surface area contributed by atoms with E-state index in [1.54, 1.807) is 6.08 Å². The normalized spacial score (nSPS) is 11.8. The van der Waals surface area contributed by atoms with Gasteiger partial charge in [-0.1, -0.05) is 57.2 Å². The van der Waals surface area contributed by atoms with Crippen LogP contribution in [0.2, 0.25) is 0 Å². The second-order valence-electron chi connectivity index (χ2n) is 8.52. The summed E-state index contributed by atoms with van der Waals surface area (Å²) in [6.45, 7) is 6.82. The lowest BCUT2D eigenvalue weighted by atomic mass is 10.1. The van der Waals surface area contributed by atoms with Crippen molar-refractivity contribution >= 4 is 22.9 Å². The van der Waals surface area contributed by atoms with Gasteiger partial charge in [0.25, 0.3) is 5.91 Å². The third-order valence-corrected chi connectivity index (χ3v) is 5.74. The highest BCUT2D eigenvalue weighted by Crippen LogP contribution is 2.28. The maximum Gasteiger partial charge on any atom is 0.261 e. The van der Waals surface area contributed by atoms with E-state index in [1.807, 2.05) is 12.1 Å². The first-order chi connectivity index (χ1) is 15.0. The molecule has 1 aromatic heterocycles. The Morgan fingerprint density at radius 1 is 1.13 bits per heavy atom. The van der Waals surface area contributed by atoms with E-state index in [1.165, 1.54) is 25.7 Å². The molecule has 0 aliphatic carbocycles. The third-order valence-electron chi connectivity index (χ3n) is 5.74. The Morgan fingerprint density at radius 3 is 2.55 bits per heavy atom. The number of aromatic nitrogens is 1. The third kappa shape index (κ3) is 7.25. The van der Waals surface area contributed by atoms with E-state index in [9.17, 15) is 10.1 Å². The van der Waals surface area contributed by atoms with Gasteiger partial charge in [0.2, 0.25) is 0 Å². The number of aryl methyl sites for hydroxylation is 1. The molecule has 5 heteroatoms. The van der Waals surface area contributed by atoms with Gasteiger partial charge < -0.3 is 14.8 Å². The first-order valence-electron chi connectivity index (χ1n) is 11.6. The summed E-state index contributed by atoms with van der Waals surface area (Å²) < 4.78 is 2.30. The number of nitrogens with zero attached hydrogens (tertiary/aromatic N) is 3. The molecule has 0 spiro atoms. The average molecular weight is 423 g/mol. The largest absolute Gasteiger partial charge is 0.351 e. The van der Waals surface area contributed by atoms with Crippen molar-refractivity contribution in [1.29, 1.82) is 5.26 Å². The minimum Gasteiger partial charge on any atom is -0.351 e. The molecule has 0 atom stereocenters. The zero-order valence-electron chi connectivity index (χ0n) is 19.7. The lowest BCUT2D eigenvalue weighted by Crippen LogP contribution is -2.25. The molecule has 1 amide bonds. The molecular weight excluding hydrogens is 384 g/mol. The fourth-order valence-electron chi connectivity index (χ4n) is 3.97. The van der Waals surface area contributed by atoms with Crippen LogP contribution < -0.4 is 5.32 Å². The lowest BCUT2D eigenvalue weighted by molar-refractivity contribution is -0.117. The van der Waals surface area contributed by atoms with Crippen LogP contribution in [-0.4, -0.2) is 42.6 Å². The number of nitrogens with one attached hydrogen (secondary N) is 1. The molecule has 0 saturated heterocycles. The molecule has 31 heavy (non-hydrogen) atoms. The number of carbonyl (C=O) groups excluding carboxylic acids is 1. The standard InChI is InChI=1S/C26H38N4O/c1-5-6-7-8-9-12-16-28-26(31)22(20-27)19-24-21(2)30(18-13-17-29(3)4)25-15-11-10-14-23(24)25/h10-11,14-15,19H,5-9,12-13,16-18H2,1-4H3,(H,28,31). The Balaban J connectivity index is 2.12. The number of benzene rings is 1. The Hall–Kier alpha value is -2.58. The van der Waals surface area contributed by atoms with Crippen LogP contribution in [0.1, 0.15) is 63.1 Å².